The summed E-state index contributed by atoms with van der Waals surface area (Å²) in [5.41, 5.74) is 3.70. The Kier molecular flexibility index (Phi) is 9.96. The van der Waals surface area contributed by atoms with Crippen LogP contribution < -0.4 is 11.5 Å². The Morgan fingerprint density at radius 1 is 0.587 bits per heavy atom. The minimum atomic E-state index is -5.00. The summed E-state index contributed by atoms with van der Waals surface area (Å²) in [4.78, 5) is 0. The second-order valence-electron chi connectivity index (χ2n) is 8.57. The van der Waals surface area contributed by atoms with E-state index in [0.717, 1.165) is 0 Å². The maximum Gasteiger partial charge on any atom is 0.436 e. The van der Waals surface area contributed by atoms with Crippen molar-refractivity contribution >= 4 is 58.0 Å². The molecule has 0 unspecified atom stereocenters. The monoisotopic (exact) mass is 751 g/mol. The van der Waals surface area contributed by atoms with Crippen molar-refractivity contribution in [1.29, 1.82) is 5.26 Å². The average molecular weight is 753 g/mol. The number of rotatable bonds is 2. The molecule has 23 heteroatoms. The molecule has 4 aromatic rings. The Bertz CT molecular complexity index is 1790. The normalized spacial score (nSPS) is 12.5. The summed E-state index contributed by atoms with van der Waals surface area (Å²) in [7, 11) is 0. The van der Waals surface area contributed by atoms with Gasteiger partial charge in [0.1, 0.15) is 34.6 Å². The summed E-state index contributed by atoms with van der Waals surface area (Å²) < 4.78 is 153. The molecule has 2 aromatic carbocycles. The van der Waals surface area contributed by atoms with Gasteiger partial charge < -0.3 is 11.5 Å². The summed E-state index contributed by atoms with van der Waals surface area (Å²) in [5.74, 6) is -1.23. The minimum absolute atomic E-state index is 0.371. The number of nitrogens with two attached hydrogens (primary N) is 2. The van der Waals surface area contributed by atoms with Gasteiger partial charge in [-0.1, -0.05) is 46.4 Å². The number of alkyl halides is 12. The highest BCUT2D eigenvalue weighted by atomic mass is 35.5. The Hall–Kier alpha value is -3.73. The first-order valence-electron chi connectivity index (χ1n) is 11.2. The number of nitriles is 1. The van der Waals surface area contributed by atoms with Crippen molar-refractivity contribution in [3.8, 4) is 17.4 Å². The van der Waals surface area contributed by atoms with Gasteiger partial charge in [-0.2, -0.15) is 68.1 Å². The van der Waals surface area contributed by atoms with Crippen LogP contribution in [0.1, 0.15) is 28.1 Å². The Morgan fingerprint density at radius 3 is 1.26 bits per heavy atom. The number of benzene rings is 2. The first kappa shape index (κ1) is 36.7. The van der Waals surface area contributed by atoms with Crippen LogP contribution in [0.5, 0.6) is 0 Å². The van der Waals surface area contributed by atoms with Crippen LogP contribution in [-0.2, 0) is 24.7 Å². The van der Waals surface area contributed by atoms with Crippen LogP contribution in [0.3, 0.4) is 0 Å². The fourth-order valence-corrected chi connectivity index (χ4v) is 4.78. The van der Waals surface area contributed by atoms with E-state index in [-0.39, 0.29) is 5.69 Å². The van der Waals surface area contributed by atoms with Crippen LogP contribution in [0.2, 0.25) is 20.1 Å². The molecule has 0 aliphatic heterocycles. The van der Waals surface area contributed by atoms with Gasteiger partial charge in [0.15, 0.2) is 11.4 Å². The van der Waals surface area contributed by atoms with Gasteiger partial charge in [0.2, 0.25) is 0 Å². The van der Waals surface area contributed by atoms with Gasteiger partial charge in [-0.25, -0.2) is 9.36 Å². The van der Waals surface area contributed by atoms with E-state index in [1.807, 2.05) is 0 Å². The molecule has 0 fully saturated rings. The Labute approximate surface area is 267 Å². The molecule has 7 nitrogen and oxygen atoms in total. The molecule has 248 valence electrons. The fourth-order valence-electron chi connectivity index (χ4n) is 3.49. The van der Waals surface area contributed by atoms with Gasteiger partial charge in [-0.3, -0.25) is 0 Å². The highest BCUT2D eigenvalue weighted by Gasteiger charge is 2.40. The third kappa shape index (κ3) is 7.62. The maximum atomic E-state index is 12.9. The summed E-state index contributed by atoms with van der Waals surface area (Å²) in [6, 6.07) is 3.73. The maximum absolute atomic E-state index is 12.9. The minimum Gasteiger partial charge on any atom is -0.384 e. The standard InChI is InChI=1S/C12H4Cl2F6N4.C11H5Cl2F6N3/c13-6-1-4(11(15,16)17)2-7(14)8(6)24-10(22)5(3-21)9(23-24)12(18,19)20;12-5-1-4(10(14,15)16)2-6(13)9(5)22-8(20)3-7(21-22)11(17,18)19/h1-2H,22H2;1-3H,20H2. The van der Waals surface area contributed by atoms with Crippen molar-refractivity contribution in [1.82, 2.24) is 19.6 Å². The largest absolute Gasteiger partial charge is 0.436 e. The third-order valence-electron chi connectivity index (χ3n) is 5.44. The lowest BCUT2D eigenvalue weighted by molar-refractivity contribution is -0.142. The van der Waals surface area contributed by atoms with Gasteiger partial charge in [-0.15, -0.1) is 0 Å². The number of hydrogen-bond acceptors (Lipinski definition) is 5. The van der Waals surface area contributed by atoms with Gasteiger partial charge in [-0.05, 0) is 24.3 Å². The molecule has 0 saturated carbocycles. The molecule has 0 bridgehead atoms. The smallest absolute Gasteiger partial charge is 0.384 e. The molecule has 2 heterocycles. The van der Waals surface area contributed by atoms with Crippen LogP contribution in [0, 0.1) is 11.3 Å². The van der Waals surface area contributed by atoms with Crippen molar-refractivity contribution < 1.29 is 52.7 Å². The quantitative estimate of drug-likeness (QED) is 0.198. The molecule has 0 saturated heterocycles. The van der Waals surface area contributed by atoms with Crippen LogP contribution in [-0.4, -0.2) is 19.6 Å². The lowest BCUT2D eigenvalue weighted by Crippen LogP contribution is -2.10. The second-order valence-corrected chi connectivity index (χ2v) is 10.2. The lowest BCUT2D eigenvalue weighted by atomic mass is 10.2. The van der Waals surface area contributed by atoms with E-state index in [1.54, 1.807) is 0 Å². The average Bonchev–Trinajstić information content (AvgIpc) is 3.42. The van der Waals surface area contributed by atoms with Crippen molar-refractivity contribution in [2.24, 2.45) is 0 Å². The number of nitrogen functional groups attached to an aromatic ring is 2. The Morgan fingerprint density at radius 2 is 0.978 bits per heavy atom. The van der Waals surface area contributed by atoms with Crippen LogP contribution in [0.15, 0.2) is 30.3 Å². The zero-order valence-corrected chi connectivity index (χ0v) is 24.3. The topological polar surface area (TPSA) is 111 Å². The first-order chi connectivity index (χ1) is 20.8. The number of halogens is 16. The van der Waals surface area contributed by atoms with E-state index >= 15 is 0 Å². The number of hydrogen-bond donors (Lipinski definition) is 2. The first-order valence-corrected chi connectivity index (χ1v) is 12.7. The molecule has 46 heavy (non-hydrogen) atoms. The third-order valence-corrected chi connectivity index (χ3v) is 6.59. The highest BCUT2D eigenvalue weighted by Crippen LogP contribution is 2.41. The molecule has 0 aliphatic carbocycles. The number of nitrogens with zero attached hydrogens (tertiary/aromatic N) is 5. The van der Waals surface area contributed by atoms with E-state index in [9.17, 15) is 52.7 Å². The van der Waals surface area contributed by atoms with E-state index < -0.39 is 90.2 Å². The Balaban J connectivity index is 0.000000251. The molecule has 0 amide bonds. The molecule has 0 radical (unpaired) electrons. The summed E-state index contributed by atoms with van der Waals surface area (Å²) in [5, 5.41) is 12.8. The van der Waals surface area contributed by atoms with Crippen LogP contribution in [0.25, 0.3) is 11.4 Å². The van der Waals surface area contributed by atoms with Crippen molar-refractivity contribution in [2.45, 2.75) is 24.7 Å². The van der Waals surface area contributed by atoms with Crippen molar-refractivity contribution in [3.05, 3.63) is 78.5 Å². The predicted molar refractivity (Wildman–Crippen MR) is 141 cm³/mol. The van der Waals surface area contributed by atoms with Crippen molar-refractivity contribution in [3.63, 3.8) is 0 Å². The molecule has 4 N–H and O–H groups in total. The molecule has 0 aliphatic rings. The van der Waals surface area contributed by atoms with E-state index in [0.29, 0.717) is 39.7 Å². The number of aromatic nitrogens is 4. The summed E-state index contributed by atoms with van der Waals surface area (Å²) in [6.07, 6.45) is -19.3. The van der Waals surface area contributed by atoms with Gasteiger partial charge in [0, 0.05) is 6.07 Å². The zero-order chi connectivity index (χ0) is 35.3. The predicted octanol–water partition coefficient (Wildman–Crippen LogP) is 9.47. The van der Waals surface area contributed by atoms with Gasteiger partial charge >= 0.3 is 24.7 Å². The second kappa shape index (κ2) is 12.5. The molecule has 0 spiro atoms. The molecular formula is C23H9Cl4F12N7. The highest BCUT2D eigenvalue weighted by molar-refractivity contribution is 6.38. The molecule has 4 rings (SSSR count). The SMILES string of the molecule is N#Cc1c(C(F)(F)F)nn(-c2c(Cl)cc(C(F)(F)F)cc2Cl)c1N.Nc1cc(C(F)(F)F)nn1-c1c(Cl)cc(C(F)(F)F)cc1Cl. The summed E-state index contributed by atoms with van der Waals surface area (Å²) >= 11 is 22.8. The van der Waals surface area contributed by atoms with Crippen LogP contribution >= 0.6 is 46.4 Å². The molecular weight excluding hydrogens is 744 g/mol. The zero-order valence-electron chi connectivity index (χ0n) is 21.3. The fraction of sp³-hybridized carbons (Fsp3) is 0.174. The lowest BCUT2D eigenvalue weighted by Gasteiger charge is -2.13. The molecule has 0 atom stereocenters. The van der Waals surface area contributed by atoms with E-state index in [2.05, 4.69) is 10.2 Å². The van der Waals surface area contributed by atoms with E-state index in [4.69, 9.17) is 63.1 Å². The van der Waals surface area contributed by atoms with Gasteiger partial charge in [0.25, 0.3) is 0 Å². The number of anilines is 2. The van der Waals surface area contributed by atoms with Gasteiger partial charge in [0.05, 0.1) is 31.2 Å². The molecule has 2 aromatic heterocycles. The van der Waals surface area contributed by atoms with Crippen LogP contribution in [0.4, 0.5) is 64.3 Å². The summed E-state index contributed by atoms with van der Waals surface area (Å²) in [6.45, 7) is 0. The van der Waals surface area contributed by atoms with E-state index in [1.165, 1.54) is 6.07 Å². The van der Waals surface area contributed by atoms with Crippen molar-refractivity contribution in [2.75, 3.05) is 11.5 Å².